The summed E-state index contributed by atoms with van der Waals surface area (Å²) < 4.78 is 0. The fraction of sp³-hybridized carbons (Fsp3) is 0.679. The van der Waals surface area contributed by atoms with Crippen LogP contribution in [0.2, 0.25) is 0 Å². The first kappa shape index (κ1) is 23.5. The van der Waals surface area contributed by atoms with E-state index in [-0.39, 0.29) is 35.4 Å². The first-order chi connectivity index (χ1) is 15.2. The third kappa shape index (κ3) is 4.05. The zero-order chi connectivity index (χ0) is 23.1. The van der Waals surface area contributed by atoms with Crippen LogP contribution in [-0.4, -0.2) is 35.4 Å². The van der Waals surface area contributed by atoms with Crippen molar-refractivity contribution in [1.82, 2.24) is 5.32 Å². The molecule has 3 N–H and O–H groups in total. The van der Waals surface area contributed by atoms with Crippen molar-refractivity contribution in [3.05, 3.63) is 47.5 Å². The molecule has 0 saturated heterocycles. The molecule has 1 aromatic carbocycles. The number of nitrogens with one attached hydrogen (secondary N) is 1. The number of rotatable bonds is 5. The topological polar surface area (TPSA) is 69.6 Å². The Hall–Kier alpha value is -1.65. The van der Waals surface area contributed by atoms with Gasteiger partial charge < -0.3 is 15.5 Å². The molecule has 4 heteroatoms. The van der Waals surface area contributed by atoms with Crippen LogP contribution in [0.5, 0.6) is 0 Å². The Morgan fingerprint density at radius 3 is 2.69 bits per heavy atom. The normalized spacial score (nSPS) is 39.5. The van der Waals surface area contributed by atoms with Gasteiger partial charge in [-0.25, -0.2) is 0 Å². The predicted octanol–water partition coefficient (Wildman–Crippen LogP) is 4.88. The van der Waals surface area contributed by atoms with E-state index in [9.17, 15) is 15.0 Å². The lowest BCUT2D eigenvalue weighted by Gasteiger charge is -2.56. The van der Waals surface area contributed by atoms with Crippen molar-refractivity contribution < 1.29 is 15.0 Å². The Bertz CT molecular complexity index is 866. The van der Waals surface area contributed by atoms with E-state index in [4.69, 9.17) is 0 Å². The smallest absolute Gasteiger partial charge is 0.251 e. The van der Waals surface area contributed by atoms with Crippen molar-refractivity contribution in [2.24, 2.45) is 34.5 Å². The summed E-state index contributed by atoms with van der Waals surface area (Å²) in [5, 5.41) is 23.8. The van der Waals surface area contributed by atoms with Gasteiger partial charge in [0.2, 0.25) is 0 Å². The fourth-order valence-electron chi connectivity index (χ4n) is 7.57. The molecule has 7 unspecified atom stereocenters. The Kier molecular flexibility index (Phi) is 6.57. The third-order valence-electron chi connectivity index (χ3n) is 9.74. The molecule has 0 bridgehead atoms. The molecular formula is C28H41NO3. The van der Waals surface area contributed by atoms with Gasteiger partial charge in [0.25, 0.3) is 5.91 Å². The van der Waals surface area contributed by atoms with Gasteiger partial charge >= 0.3 is 0 Å². The number of aliphatic hydroxyl groups excluding tert-OH is 2. The molecule has 1 aromatic rings. The second-order valence-electron chi connectivity index (χ2n) is 11.4. The van der Waals surface area contributed by atoms with E-state index in [2.05, 4.69) is 25.7 Å². The molecule has 0 aromatic heterocycles. The SMILES string of the molecule is C=C1CCC2C(CNC(=O)c3cccc(C)c3)C(C3(C)CCC(O)CC3CO)CCC12C. The highest BCUT2D eigenvalue weighted by Crippen LogP contribution is 2.63. The van der Waals surface area contributed by atoms with Gasteiger partial charge in [-0.1, -0.05) is 43.7 Å². The monoisotopic (exact) mass is 439 g/mol. The number of hydrogen-bond acceptors (Lipinski definition) is 3. The van der Waals surface area contributed by atoms with E-state index in [1.807, 2.05) is 31.2 Å². The van der Waals surface area contributed by atoms with Crippen LogP contribution in [0.1, 0.15) is 74.7 Å². The minimum absolute atomic E-state index is 0.000484. The lowest BCUT2D eigenvalue weighted by atomic mass is 9.49. The largest absolute Gasteiger partial charge is 0.396 e. The van der Waals surface area contributed by atoms with E-state index in [0.29, 0.717) is 30.7 Å². The Morgan fingerprint density at radius 1 is 1.19 bits per heavy atom. The Morgan fingerprint density at radius 2 is 1.97 bits per heavy atom. The molecule has 0 heterocycles. The maximum Gasteiger partial charge on any atom is 0.251 e. The fourth-order valence-corrected chi connectivity index (χ4v) is 7.57. The molecule has 4 nitrogen and oxygen atoms in total. The number of allylic oxidation sites excluding steroid dienone is 1. The minimum atomic E-state index is -0.306. The van der Waals surface area contributed by atoms with Gasteiger partial charge in [0.1, 0.15) is 0 Å². The van der Waals surface area contributed by atoms with E-state index in [1.54, 1.807) is 0 Å². The van der Waals surface area contributed by atoms with Crippen LogP contribution in [0.3, 0.4) is 0 Å². The van der Waals surface area contributed by atoms with Crippen molar-refractivity contribution in [1.29, 1.82) is 0 Å². The molecule has 176 valence electrons. The van der Waals surface area contributed by atoms with Crippen molar-refractivity contribution in [3.8, 4) is 0 Å². The molecule has 7 atom stereocenters. The summed E-state index contributed by atoms with van der Waals surface area (Å²) in [6.07, 6.45) is 6.58. The molecule has 3 aliphatic rings. The van der Waals surface area contributed by atoms with E-state index in [0.717, 1.165) is 49.7 Å². The number of carbonyl (C=O) groups excluding carboxylic acids is 1. The van der Waals surface area contributed by atoms with Crippen LogP contribution in [0.25, 0.3) is 0 Å². The second-order valence-corrected chi connectivity index (χ2v) is 11.4. The summed E-state index contributed by atoms with van der Waals surface area (Å²) in [5.74, 6) is 1.40. The van der Waals surface area contributed by atoms with Gasteiger partial charge in [0.05, 0.1) is 6.10 Å². The van der Waals surface area contributed by atoms with Crippen LogP contribution in [-0.2, 0) is 0 Å². The predicted molar refractivity (Wildman–Crippen MR) is 128 cm³/mol. The van der Waals surface area contributed by atoms with Crippen molar-refractivity contribution in [2.75, 3.05) is 13.2 Å². The summed E-state index contributed by atoms with van der Waals surface area (Å²) >= 11 is 0. The number of hydrogen-bond donors (Lipinski definition) is 3. The number of benzene rings is 1. The molecule has 0 aliphatic heterocycles. The number of amides is 1. The third-order valence-corrected chi connectivity index (χ3v) is 9.74. The van der Waals surface area contributed by atoms with E-state index >= 15 is 0 Å². The molecule has 1 amide bonds. The van der Waals surface area contributed by atoms with Crippen LogP contribution >= 0.6 is 0 Å². The highest BCUT2D eigenvalue weighted by Gasteiger charge is 2.56. The van der Waals surface area contributed by atoms with Gasteiger partial charge in [-0.05, 0) is 98.5 Å². The lowest BCUT2D eigenvalue weighted by Crippen LogP contribution is -2.53. The average Bonchev–Trinajstić information content (AvgIpc) is 3.08. The van der Waals surface area contributed by atoms with Crippen LogP contribution < -0.4 is 5.32 Å². The number of carbonyl (C=O) groups is 1. The van der Waals surface area contributed by atoms with Crippen LogP contribution in [0, 0.1) is 41.4 Å². The van der Waals surface area contributed by atoms with Gasteiger partial charge in [0, 0.05) is 18.7 Å². The van der Waals surface area contributed by atoms with Crippen LogP contribution in [0.4, 0.5) is 0 Å². The minimum Gasteiger partial charge on any atom is -0.396 e. The summed E-state index contributed by atoms with van der Waals surface area (Å²) in [5.41, 5.74) is 3.31. The highest BCUT2D eigenvalue weighted by molar-refractivity contribution is 5.94. The highest BCUT2D eigenvalue weighted by atomic mass is 16.3. The lowest BCUT2D eigenvalue weighted by molar-refractivity contribution is -0.0928. The van der Waals surface area contributed by atoms with Crippen LogP contribution in [0.15, 0.2) is 36.4 Å². The molecule has 3 aliphatic carbocycles. The number of aryl methyl sites for hydroxylation is 1. The van der Waals surface area contributed by atoms with Gasteiger partial charge in [0.15, 0.2) is 0 Å². The Labute approximate surface area is 193 Å². The van der Waals surface area contributed by atoms with Crippen molar-refractivity contribution >= 4 is 5.91 Å². The molecule has 3 fully saturated rings. The van der Waals surface area contributed by atoms with Crippen molar-refractivity contribution in [2.45, 2.75) is 71.8 Å². The molecule has 4 rings (SSSR count). The molecule has 3 saturated carbocycles. The zero-order valence-corrected chi connectivity index (χ0v) is 20.1. The molecular weight excluding hydrogens is 398 g/mol. The summed E-state index contributed by atoms with van der Waals surface area (Å²) in [7, 11) is 0. The van der Waals surface area contributed by atoms with Gasteiger partial charge in [-0.15, -0.1) is 0 Å². The number of aliphatic hydroxyl groups is 2. The standard InChI is InChI=1S/C28H41NO3/c1-18-6-5-7-20(14-18)26(32)29-16-23-24-9-8-19(2)27(24,3)13-11-25(23)28(4)12-10-22(31)15-21(28)17-30/h5-7,14,21-25,30-31H,2,8-13,15-17H2,1,3-4H3,(H,29,32). The summed E-state index contributed by atoms with van der Waals surface area (Å²) in [6.45, 7) is 12.0. The first-order valence-corrected chi connectivity index (χ1v) is 12.5. The van der Waals surface area contributed by atoms with Gasteiger partial charge in [-0.3, -0.25) is 4.79 Å². The maximum absolute atomic E-state index is 13.0. The molecule has 0 spiro atoms. The zero-order valence-electron chi connectivity index (χ0n) is 20.1. The molecule has 0 radical (unpaired) electrons. The van der Waals surface area contributed by atoms with Crippen molar-refractivity contribution in [3.63, 3.8) is 0 Å². The van der Waals surface area contributed by atoms with E-state index in [1.165, 1.54) is 5.57 Å². The summed E-state index contributed by atoms with van der Waals surface area (Å²) in [4.78, 5) is 13.0. The van der Waals surface area contributed by atoms with Gasteiger partial charge in [-0.2, -0.15) is 0 Å². The van der Waals surface area contributed by atoms with E-state index < -0.39 is 0 Å². The quantitative estimate of drug-likeness (QED) is 0.573. The Balaban J connectivity index is 1.60. The number of fused-ring (bicyclic) bond motifs is 1. The first-order valence-electron chi connectivity index (χ1n) is 12.5. The summed E-state index contributed by atoms with van der Waals surface area (Å²) in [6, 6.07) is 7.78. The average molecular weight is 440 g/mol. The molecule has 32 heavy (non-hydrogen) atoms. The second kappa shape index (κ2) is 8.95. The maximum atomic E-state index is 13.0.